The molecule has 0 saturated carbocycles. The van der Waals surface area contributed by atoms with E-state index in [1.807, 2.05) is 0 Å². The van der Waals surface area contributed by atoms with Gasteiger partial charge < -0.3 is 9.73 Å². The van der Waals surface area contributed by atoms with Crippen molar-refractivity contribution in [2.75, 3.05) is 5.32 Å². The number of furan rings is 1. The smallest absolute Gasteiger partial charge is 0.249 e. The van der Waals surface area contributed by atoms with Gasteiger partial charge in [0.2, 0.25) is 5.91 Å². The average Bonchev–Trinajstić information content (AvgIpc) is 3.12. The molecule has 0 aliphatic heterocycles. The molecule has 0 unspecified atom stereocenters. The number of anilines is 1. The SMILES string of the molecule is N#Cc1c(NC(=O)/C=C/c2ccco2)sc2c1CCC2. The zero-order chi connectivity index (χ0) is 13.9. The molecule has 0 fully saturated rings. The van der Waals surface area contributed by atoms with Crippen molar-refractivity contribution >= 4 is 28.3 Å². The van der Waals surface area contributed by atoms with Gasteiger partial charge in [-0.2, -0.15) is 5.26 Å². The predicted octanol–water partition coefficient (Wildman–Crippen LogP) is 3.35. The van der Waals surface area contributed by atoms with Crippen LogP contribution >= 0.6 is 11.3 Å². The largest absolute Gasteiger partial charge is 0.465 e. The number of thiophene rings is 1. The van der Waals surface area contributed by atoms with E-state index >= 15 is 0 Å². The van der Waals surface area contributed by atoms with E-state index in [-0.39, 0.29) is 5.91 Å². The zero-order valence-electron chi connectivity index (χ0n) is 10.7. The van der Waals surface area contributed by atoms with Gasteiger partial charge in [-0.15, -0.1) is 11.3 Å². The minimum atomic E-state index is -0.252. The minimum absolute atomic E-state index is 0.252. The van der Waals surface area contributed by atoms with Gasteiger partial charge in [-0.3, -0.25) is 4.79 Å². The molecule has 3 rings (SSSR count). The third-order valence-corrected chi connectivity index (χ3v) is 4.42. The van der Waals surface area contributed by atoms with Gasteiger partial charge in [0.25, 0.3) is 0 Å². The molecule has 0 atom stereocenters. The number of rotatable bonds is 3. The summed E-state index contributed by atoms with van der Waals surface area (Å²) in [6, 6.07) is 5.73. The van der Waals surface area contributed by atoms with E-state index in [0.717, 1.165) is 24.8 Å². The van der Waals surface area contributed by atoms with Gasteiger partial charge in [-0.1, -0.05) is 0 Å². The van der Waals surface area contributed by atoms with Crippen LogP contribution in [0.5, 0.6) is 0 Å². The summed E-state index contributed by atoms with van der Waals surface area (Å²) in [5.41, 5.74) is 1.74. The van der Waals surface area contributed by atoms with Gasteiger partial charge in [0, 0.05) is 11.0 Å². The number of fused-ring (bicyclic) bond motifs is 1. The maximum atomic E-state index is 11.9. The van der Waals surface area contributed by atoms with Gasteiger partial charge in [0.05, 0.1) is 11.8 Å². The van der Waals surface area contributed by atoms with Gasteiger partial charge >= 0.3 is 0 Å². The highest BCUT2D eigenvalue weighted by Gasteiger charge is 2.22. The average molecular weight is 284 g/mol. The van der Waals surface area contributed by atoms with Gasteiger partial charge in [0.1, 0.15) is 16.8 Å². The quantitative estimate of drug-likeness (QED) is 0.879. The monoisotopic (exact) mass is 284 g/mol. The third-order valence-electron chi connectivity index (χ3n) is 3.21. The summed E-state index contributed by atoms with van der Waals surface area (Å²) in [4.78, 5) is 13.1. The van der Waals surface area contributed by atoms with Crippen LogP contribution in [0, 0.1) is 11.3 Å². The number of hydrogen-bond acceptors (Lipinski definition) is 4. The Balaban J connectivity index is 1.75. The molecule has 0 spiro atoms. The fraction of sp³-hybridized carbons (Fsp3) is 0.200. The first-order valence-corrected chi connectivity index (χ1v) is 7.17. The van der Waals surface area contributed by atoms with Crippen LogP contribution in [0.15, 0.2) is 28.9 Å². The Bertz CT molecular complexity index is 705. The van der Waals surface area contributed by atoms with Crippen molar-refractivity contribution in [2.24, 2.45) is 0 Å². The first-order valence-electron chi connectivity index (χ1n) is 6.35. The first kappa shape index (κ1) is 12.7. The summed E-state index contributed by atoms with van der Waals surface area (Å²) < 4.78 is 5.11. The summed E-state index contributed by atoms with van der Waals surface area (Å²) in [6.07, 6.45) is 7.60. The molecule has 0 radical (unpaired) electrons. The minimum Gasteiger partial charge on any atom is -0.465 e. The third kappa shape index (κ3) is 2.38. The molecule has 2 heterocycles. The summed E-state index contributed by atoms with van der Waals surface area (Å²) in [6.45, 7) is 0. The Morgan fingerprint density at radius 1 is 1.50 bits per heavy atom. The molecule has 0 bridgehead atoms. The van der Waals surface area contributed by atoms with Crippen molar-refractivity contribution in [3.05, 3.63) is 46.2 Å². The van der Waals surface area contributed by atoms with Crippen molar-refractivity contribution in [2.45, 2.75) is 19.3 Å². The van der Waals surface area contributed by atoms with Crippen LogP contribution in [0.3, 0.4) is 0 Å². The summed E-state index contributed by atoms with van der Waals surface area (Å²) in [5, 5.41) is 12.7. The Morgan fingerprint density at radius 3 is 3.15 bits per heavy atom. The fourth-order valence-electron chi connectivity index (χ4n) is 2.31. The molecule has 100 valence electrons. The lowest BCUT2D eigenvalue weighted by molar-refractivity contribution is -0.111. The Labute approximate surface area is 120 Å². The number of carbonyl (C=O) groups is 1. The van der Waals surface area contributed by atoms with E-state index in [2.05, 4.69) is 11.4 Å². The van der Waals surface area contributed by atoms with E-state index in [9.17, 15) is 10.1 Å². The summed E-state index contributed by atoms with van der Waals surface area (Å²) >= 11 is 1.51. The zero-order valence-corrected chi connectivity index (χ0v) is 11.5. The summed E-state index contributed by atoms with van der Waals surface area (Å²) in [7, 11) is 0. The van der Waals surface area contributed by atoms with Crippen LogP contribution in [-0.2, 0) is 17.6 Å². The number of amides is 1. The van der Waals surface area contributed by atoms with E-state index in [4.69, 9.17) is 4.42 Å². The molecular formula is C15H12N2O2S. The summed E-state index contributed by atoms with van der Waals surface area (Å²) in [5.74, 6) is 0.368. The maximum Gasteiger partial charge on any atom is 0.249 e. The van der Waals surface area contributed by atoms with Gasteiger partial charge in [0.15, 0.2) is 0 Å². The molecule has 20 heavy (non-hydrogen) atoms. The molecule has 5 heteroatoms. The molecule has 4 nitrogen and oxygen atoms in total. The highest BCUT2D eigenvalue weighted by atomic mass is 32.1. The van der Waals surface area contributed by atoms with Crippen molar-refractivity contribution in [3.63, 3.8) is 0 Å². The first-order chi connectivity index (χ1) is 9.78. The van der Waals surface area contributed by atoms with E-state index in [0.29, 0.717) is 16.3 Å². The van der Waals surface area contributed by atoms with Crippen LogP contribution in [0.4, 0.5) is 5.00 Å². The highest BCUT2D eigenvalue weighted by molar-refractivity contribution is 7.16. The molecule has 2 aromatic heterocycles. The predicted molar refractivity (Wildman–Crippen MR) is 77.4 cm³/mol. The molecule has 1 aliphatic rings. The lowest BCUT2D eigenvalue weighted by atomic mass is 10.1. The molecule has 2 aromatic rings. The number of hydrogen-bond donors (Lipinski definition) is 1. The lowest BCUT2D eigenvalue weighted by Gasteiger charge is -1.99. The van der Waals surface area contributed by atoms with Crippen molar-refractivity contribution in [1.29, 1.82) is 5.26 Å². The van der Waals surface area contributed by atoms with E-state index in [1.54, 1.807) is 24.5 Å². The second-order valence-electron chi connectivity index (χ2n) is 4.51. The Hall–Kier alpha value is -2.32. The Morgan fingerprint density at radius 2 is 2.40 bits per heavy atom. The van der Waals surface area contributed by atoms with Crippen LogP contribution in [0.2, 0.25) is 0 Å². The van der Waals surface area contributed by atoms with Crippen LogP contribution in [0.1, 0.15) is 28.2 Å². The highest BCUT2D eigenvalue weighted by Crippen LogP contribution is 2.38. The van der Waals surface area contributed by atoms with Crippen molar-refractivity contribution < 1.29 is 9.21 Å². The van der Waals surface area contributed by atoms with E-state index in [1.165, 1.54) is 22.3 Å². The van der Waals surface area contributed by atoms with Crippen LogP contribution in [-0.4, -0.2) is 5.91 Å². The standard InChI is InChI=1S/C15H12N2O2S/c16-9-12-11-4-1-5-13(11)20-15(12)17-14(18)7-6-10-3-2-8-19-10/h2-3,6-8H,1,4-5H2,(H,17,18)/b7-6+. The number of nitriles is 1. The van der Waals surface area contributed by atoms with E-state index < -0.39 is 0 Å². The van der Waals surface area contributed by atoms with Gasteiger partial charge in [-0.25, -0.2) is 0 Å². The second kappa shape index (κ2) is 5.35. The topological polar surface area (TPSA) is 66.0 Å². The molecule has 1 amide bonds. The molecular weight excluding hydrogens is 272 g/mol. The molecule has 1 aliphatic carbocycles. The van der Waals surface area contributed by atoms with Crippen LogP contribution in [0.25, 0.3) is 6.08 Å². The fourth-order valence-corrected chi connectivity index (χ4v) is 3.55. The Kier molecular flexibility index (Phi) is 3.40. The van der Waals surface area contributed by atoms with Crippen LogP contribution < -0.4 is 5.32 Å². The lowest BCUT2D eigenvalue weighted by Crippen LogP contribution is -2.07. The number of aryl methyl sites for hydroxylation is 1. The maximum absolute atomic E-state index is 11.9. The molecule has 1 N–H and O–H groups in total. The second-order valence-corrected chi connectivity index (χ2v) is 5.62. The molecule has 0 aromatic carbocycles. The number of nitrogens with one attached hydrogen (secondary N) is 1. The number of nitrogens with zero attached hydrogens (tertiary/aromatic N) is 1. The van der Waals surface area contributed by atoms with Crippen molar-refractivity contribution in [1.82, 2.24) is 0 Å². The number of carbonyl (C=O) groups excluding carboxylic acids is 1. The van der Waals surface area contributed by atoms with Crippen molar-refractivity contribution in [3.8, 4) is 6.07 Å². The van der Waals surface area contributed by atoms with Gasteiger partial charge in [-0.05, 0) is 43.0 Å². The molecule has 0 saturated heterocycles. The normalized spacial score (nSPS) is 13.3.